The molecule has 1 unspecified atom stereocenters. The average molecular weight is 392 g/mol. The van der Waals surface area contributed by atoms with Crippen molar-refractivity contribution in [1.82, 2.24) is 9.88 Å². The molecule has 5 nitrogen and oxygen atoms in total. The third-order valence-electron chi connectivity index (χ3n) is 4.65. The van der Waals surface area contributed by atoms with E-state index < -0.39 is 0 Å². The third-order valence-corrected chi connectivity index (χ3v) is 4.65. The average Bonchev–Trinajstić information content (AvgIpc) is 3.25. The number of hydrogen-bond acceptors (Lipinski definition) is 3. The maximum atomic E-state index is 12.5. The summed E-state index contributed by atoms with van der Waals surface area (Å²) in [5.41, 5.74) is 3.03. The van der Waals surface area contributed by atoms with Crippen LogP contribution in [0.3, 0.4) is 0 Å². The van der Waals surface area contributed by atoms with E-state index in [0.717, 1.165) is 22.6 Å². The van der Waals surface area contributed by atoms with E-state index in [0.29, 0.717) is 25.4 Å². The standard InChI is InChI=1S/C24H28N2O3/c1-4-28-22-13-10-20(17-23(22)29-5-2)18(3)25-24(27)16-19-8-11-21(12-9-19)26-14-6-7-15-26/h6-15,17-18H,4-5,16H2,1-3H3,(H,25,27). The SMILES string of the molecule is CCOc1ccc(C(C)NC(=O)Cc2ccc(-n3cccc3)cc2)cc1OCC. The number of carbonyl (C=O) groups excluding carboxylic acids is 1. The molecular formula is C24H28N2O3. The summed E-state index contributed by atoms with van der Waals surface area (Å²) in [4.78, 5) is 12.5. The lowest BCUT2D eigenvalue weighted by Gasteiger charge is -2.17. The Hall–Kier alpha value is -3.21. The number of rotatable bonds is 9. The summed E-state index contributed by atoms with van der Waals surface area (Å²) in [6.45, 7) is 6.99. The Labute approximate surface area is 172 Å². The van der Waals surface area contributed by atoms with Crippen LogP contribution in [0, 0.1) is 0 Å². The first-order valence-corrected chi connectivity index (χ1v) is 10.0. The van der Waals surface area contributed by atoms with E-state index in [-0.39, 0.29) is 11.9 Å². The van der Waals surface area contributed by atoms with Crippen molar-refractivity contribution >= 4 is 5.91 Å². The fourth-order valence-corrected chi connectivity index (χ4v) is 3.19. The molecule has 29 heavy (non-hydrogen) atoms. The van der Waals surface area contributed by atoms with Crippen molar-refractivity contribution in [2.45, 2.75) is 33.2 Å². The van der Waals surface area contributed by atoms with Gasteiger partial charge in [-0.3, -0.25) is 4.79 Å². The summed E-state index contributed by atoms with van der Waals surface area (Å²) < 4.78 is 13.3. The van der Waals surface area contributed by atoms with Crippen LogP contribution in [0.25, 0.3) is 5.69 Å². The van der Waals surface area contributed by atoms with Crippen molar-refractivity contribution in [1.29, 1.82) is 0 Å². The molecule has 1 amide bonds. The van der Waals surface area contributed by atoms with E-state index in [2.05, 4.69) is 5.32 Å². The maximum absolute atomic E-state index is 12.5. The summed E-state index contributed by atoms with van der Waals surface area (Å²) in [6, 6.07) is 17.7. The molecule has 5 heteroatoms. The monoisotopic (exact) mass is 392 g/mol. The molecule has 0 radical (unpaired) electrons. The predicted octanol–water partition coefficient (Wildman–Crippen LogP) is 4.69. The molecule has 0 aliphatic rings. The molecule has 0 aliphatic heterocycles. The minimum Gasteiger partial charge on any atom is -0.490 e. The van der Waals surface area contributed by atoms with Crippen molar-refractivity contribution in [3.63, 3.8) is 0 Å². The first-order chi connectivity index (χ1) is 14.1. The second-order valence-corrected chi connectivity index (χ2v) is 6.79. The smallest absolute Gasteiger partial charge is 0.224 e. The van der Waals surface area contributed by atoms with E-state index in [9.17, 15) is 4.79 Å². The molecule has 0 spiro atoms. The molecule has 1 aromatic heterocycles. The lowest BCUT2D eigenvalue weighted by molar-refractivity contribution is -0.121. The van der Waals surface area contributed by atoms with Crippen LogP contribution in [0.5, 0.6) is 11.5 Å². The molecule has 1 heterocycles. The molecule has 2 aromatic carbocycles. The van der Waals surface area contributed by atoms with Crippen molar-refractivity contribution in [3.05, 3.63) is 78.1 Å². The van der Waals surface area contributed by atoms with E-state index >= 15 is 0 Å². The summed E-state index contributed by atoms with van der Waals surface area (Å²) in [7, 11) is 0. The highest BCUT2D eigenvalue weighted by Gasteiger charge is 2.14. The van der Waals surface area contributed by atoms with Crippen LogP contribution in [0.15, 0.2) is 67.0 Å². The highest BCUT2D eigenvalue weighted by molar-refractivity contribution is 5.79. The number of hydrogen-bond donors (Lipinski definition) is 1. The number of nitrogens with one attached hydrogen (secondary N) is 1. The van der Waals surface area contributed by atoms with Gasteiger partial charge in [0.2, 0.25) is 5.91 Å². The van der Waals surface area contributed by atoms with E-state index in [1.165, 1.54) is 0 Å². The molecule has 0 saturated carbocycles. The lowest BCUT2D eigenvalue weighted by atomic mass is 10.1. The van der Waals surface area contributed by atoms with Gasteiger partial charge in [0, 0.05) is 18.1 Å². The fraction of sp³-hybridized carbons (Fsp3) is 0.292. The first-order valence-electron chi connectivity index (χ1n) is 10.0. The topological polar surface area (TPSA) is 52.5 Å². The van der Waals surface area contributed by atoms with E-state index in [4.69, 9.17) is 9.47 Å². The van der Waals surface area contributed by atoms with Crippen molar-refractivity contribution < 1.29 is 14.3 Å². The fourth-order valence-electron chi connectivity index (χ4n) is 3.19. The van der Waals surface area contributed by atoms with Crippen LogP contribution in [-0.4, -0.2) is 23.7 Å². The number of nitrogens with zero attached hydrogens (tertiary/aromatic N) is 1. The Morgan fingerprint density at radius 2 is 1.62 bits per heavy atom. The second kappa shape index (κ2) is 9.82. The number of amides is 1. The zero-order valence-corrected chi connectivity index (χ0v) is 17.2. The quantitative estimate of drug-likeness (QED) is 0.574. The van der Waals surface area contributed by atoms with Gasteiger partial charge in [0.1, 0.15) is 0 Å². The molecule has 1 atom stereocenters. The highest BCUT2D eigenvalue weighted by Crippen LogP contribution is 2.30. The molecule has 1 N–H and O–H groups in total. The molecule has 0 saturated heterocycles. The number of carbonyl (C=O) groups is 1. The van der Waals surface area contributed by atoms with Crippen molar-refractivity contribution in [3.8, 4) is 17.2 Å². The maximum Gasteiger partial charge on any atom is 0.224 e. The molecule has 0 bridgehead atoms. The van der Waals surface area contributed by atoms with Crippen molar-refractivity contribution in [2.75, 3.05) is 13.2 Å². The number of aromatic nitrogens is 1. The van der Waals surface area contributed by atoms with E-state index in [1.54, 1.807) is 0 Å². The van der Waals surface area contributed by atoms with Gasteiger partial charge in [-0.05, 0) is 68.3 Å². The van der Waals surface area contributed by atoms with Gasteiger partial charge in [-0.15, -0.1) is 0 Å². The normalized spacial score (nSPS) is 11.7. The Morgan fingerprint density at radius 3 is 2.28 bits per heavy atom. The van der Waals surface area contributed by atoms with Crippen LogP contribution in [0.4, 0.5) is 0 Å². The second-order valence-electron chi connectivity index (χ2n) is 6.79. The number of ether oxygens (including phenoxy) is 2. The molecule has 152 valence electrons. The van der Waals surface area contributed by atoms with Gasteiger partial charge in [-0.1, -0.05) is 18.2 Å². The minimum atomic E-state index is -0.128. The van der Waals surface area contributed by atoms with Crippen LogP contribution in [0.1, 0.15) is 37.9 Å². The largest absolute Gasteiger partial charge is 0.490 e. The Balaban J connectivity index is 1.62. The number of benzene rings is 2. The third kappa shape index (κ3) is 5.41. The van der Waals surface area contributed by atoms with Crippen LogP contribution in [0.2, 0.25) is 0 Å². The van der Waals surface area contributed by atoms with Gasteiger partial charge in [0.15, 0.2) is 11.5 Å². The molecule has 0 fully saturated rings. The summed E-state index contributed by atoms with van der Waals surface area (Å²) >= 11 is 0. The zero-order chi connectivity index (χ0) is 20.6. The first kappa shape index (κ1) is 20.5. The molecule has 3 rings (SSSR count). The van der Waals surface area contributed by atoms with Gasteiger partial charge in [0.25, 0.3) is 0 Å². The highest BCUT2D eigenvalue weighted by atomic mass is 16.5. The van der Waals surface area contributed by atoms with Crippen LogP contribution in [-0.2, 0) is 11.2 Å². The van der Waals surface area contributed by atoms with Crippen LogP contribution >= 0.6 is 0 Å². The van der Waals surface area contributed by atoms with Gasteiger partial charge in [-0.2, -0.15) is 0 Å². The van der Waals surface area contributed by atoms with Gasteiger partial charge >= 0.3 is 0 Å². The van der Waals surface area contributed by atoms with E-state index in [1.807, 2.05) is 92.3 Å². The van der Waals surface area contributed by atoms with Gasteiger partial charge < -0.3 is 19.4 Å². The molecule has 0 aliphatic carbocycles. The van der Waals surface area contributed by atoms with Gasteiger partial charge in [-0.25, -0.2) is 0 Å². The van der Waals surface area contributed by atoms with Gasteiger partial charge in [0.05, 0.1) is 25.7 Å². The lowest BCUT2D eigenvalue weighted by Crippen LogP contribution is -2.28. The summed E-state index contributed by atoms with van der Waals surface area (Å²) in [6.07, 6.45) is 4.33. The molecule has 3 aromatic rings. The zero-order valence-electron chi connectivity index (χ0n) is 17.2. The predicted molar refractivity (Wildman–Crippen MR) is 115 cm³/mol. The minimum absolute atomic E-state index is 0.0157. The Morgan fingerprint density at radius 1 is 0.966 bits per heavy atom. The summed E-state index contributed by atoms with van der Waals surface area (Å²) in [5, 5.41) is 3.07. The van der Waals surface area contributed by atoms with Crippen LogP contribution < -0.4 is 14.8 Å². The Kier molecular flexibility index (Phi) is 6.95. The Bertz CT molecular complexity index is 918. The molecular weight excluding hydrogens is 364 g/mol. The van der Waals surface area contributed by atoms with Crippen molar-refractivity contribution in [2.24, 2.45) is 0 Å². The summed E-state index contributed by atoms with van der Waals surface area (Å²) in [5.74, 6) is 1.41.